The predicted molar refractivity (Wildman–Crippen MR) is 95.8 cm³/mol. The maximum absolute atomic E-state index is 12.4. The number of nitrogens with zero attached hydrogens (tertiary/aromatic N) is 2. The van der Waals surface area contributed by atoms with Crippen molar-refractivity contribution in [1.29, 1.82) is 0 Å². The number of sulfone groups is 1. The number of hydrogen-bond donors (Lipinski definition) is 1. The van der Waals surface area contributed by atoms with Crippen molar-refractivity contribution in [2.75, 3.05) is 11.6 Å². The van der Waals surface area contributed by atoms with Crippen molar-refractivity contribution in [3.8, 4) is 5.69 Å². The third-order valence-electron chi connectivity index (χ3n) is 3.66. The third-order valence-corrected chi connectivity index (χ3v) is 4.77. The molecule has 0 bridgehead atoms. The summed E-state index contributed by atoms with van der Waals surface area (Å²) in [4.78, 5) is 12.5. The number of aromatic nitrogens is 2. The van der Waals surface area contributed by atoms with Gasteiger partial charge < -0.3 is 5.32 Å². The van der Waals surface area contributed by atoms with Crippen LogP contribution in [0.5, 0.6) is 0 Å². The Hall–Kier alpha value is -2.93. The summed E-state index contributed by atoms with van der Waals surface area (Å²) < 4.78 is 24.8. The van der Waals surface area contributed by atoms with E-state index in [9.17, 15) is 13.2 Å². The SMILES string of the molecule is Cc1ccc(-n2cc(C(=O)Nc3cccc(S(C)(=O)=O)c3)cn2)cc1. The summed E-state index contributed by atoms with van der Waals surface area (Å²) >= 11 is 0. The molecule has 128 valence electrons. The average Bonchev–Trinajstić information content (AvgIpc) is 3.05. The van der Waals surface area contributed by atoms with E-state index in [1.165, 1.54) is 18.3 Å². The molecule has 25 heavy (non-hydrogen) atoms. The molecule has 1 N–H and O–H groups in total. The van der Waals surface area contributed by atoms with Gasteiger partial charge in [0.25, 0.3) is 5.91 Å². The highest BCUT2D eigenvalue weighted by Crippen LogP contribution is 2.17. The third kappa shape index (κ3) is 3.95. The minimum absolute atomic E-state index is 0.153. The van der Waals surface area contributed by atoms with Crippen molar-refractivity contribution in [3.63, 3.8) is 0 Å². The molecule has 0 saturated carbocycles. The molecule has 1 heterocycles. The molecule has 3 aromatic rings. The fraction of sp³-hybridized carbons (Fsp3) is 0.111. The molecule has 0 fully saturated rings. The number of anilines is 1. The first-order chi connectivity index (χ1) is 11.8. The van der Waals surface area contributed by atoms with Gasteiger partial charge >= 0.3 is 0 Å². The molecule has 0 aliphatic carbocycles. The first-order valence-corrected chi connectivity index (χ1v) is 9.45. The van der Waals surface area contributed by atoms with Crippen LogP contribution in [0.25, 0.3) is 5.69 Å². The van der Waals surface area contributed by atoms with Gasteiger partial charge in [0.2, 0.25) is 0 Å². The number of hydrogen-bond acceptors (Lipinski definition) is 4. The lowest BCUT2D eigenvalue weighted by Crippen LogP contribution is -2.11. The predicted octanol–water partition coefficient (Wildman–Crippen LogP) is 2.84. The minimum Gasteiger partial charge on any atom is -0.322 e. The Morgan fingerprint density at radius 3 is 2.52 bits per heavy atom. The van der Waals surface area contributed by atoms with Gasteiger partial charge in [-0.05, 0) is 37.3 Å². The normalized spacial score (nSPS) is 11.3. The van der Waals surface area contributed by atoms with Crippen molar-refractivity contribution in [2.45, 2.75) is 11.8 Å². The minimum atomic E-state index is -3.33. The Morgan fingerprint density at radius 1 is 1.12 bits per heavy atom. The lowest BCUT2D eigenvalue weighted by atomic mass is 10.2. The lowest BCUT2D eigenvalue weighted by Gasteiger charge is -2.05. The molecule has 2 aromatic carbocycles. The average molecular weight is 355 g/mol. The second-order valence-corrected chi connectivity index (χ2v) is 7.78. The Kier molecular flexibility index (Phi) is 4.41. The van der Waals surface area contributed by atoms with Gasteiger partial charge in [0, 0.05) is 18.1 Å². The smallest absolute Gasteiger partial charge is 0.258 e. The summed E-state index contributed by atoms with van der Waals surface area (Å²) in [5, 5.41) is 6.88. The van der Waals surface area contributed by atoms with Crippen molar-refractivity contribution >= 4 is 21.4 Å². The van der Waals surface area contributed by atoms with Gasteiger partial charge in [0.15, 0.2) is 9.84 Å². The molecule has 0 aliphatic rings. The number of carbonyl (C=O) groups is 1. The van der Waals surface area contributed by atoms with Crippen LogP contribution >= 0.6 is 0 Å². The van der Waals surface area contributed by atoms with E-state index in [0.29, 0.717) is 11.3 Å². The molecule has 0 saturated heterocycles. The number of carbonyl (C=O) groups excluding carboxylic acids is 1. The summed E-state index contributed by atoms with van der Waals surface area (Å²) in [5.41, 5.74) is 2.78. The highest BCUT2D eigenvalue weighted by molar-refractivity contribution is 7.90. The summed E-state index contributed by atoms with van der Waals surface area (Å²) in [6, 6.07) is 13.9. The van der Waals surface area contributed by atoms with Crippen LogP contribution in [0.2, 0.25) is 0 Å². The number of amides is 1. The van der Waals surface area contributed by atoms with E-state index in [1.807, 2.05) is 31.2 Å². The molecular formula is C18H17N3O3S. The van der Waals surface area contributed by atoms with Crippen LogP contribution < -0.4 is 5.32 Å². The molecule has 6 nitrogen and oxygen atoms in total. The van der Waals surface area contributed by atoms with Gasteiger partial charge in [-0.15, -0.1) is 0 Å². The highest BCUT2D eigenvalue weighted by atomic mass is 32.2. The molecule has 1 amide bonds. The zero-order valence-corrected chi connectivity index (χ0v) is 14.6. The second-order valence-electron chi connectivity index (χ2n) is 5.76. The van der Waals surface area contributed by atoms with Crippen LogP contribution in [0.4, 0.5) is 5.69 Å². The maximum atomic E-state index is 12.4. The van der Waals surface area contributed by atoms with E-state index >= 15 is 0 Å². The zero-order valence-electron chi connectivity index (χ0n) is 13.8. The summed E-state index contributed by atoms with van der Waals surface area (Å²) in [6.07, 6.45) is 4.22. The number of aryl methyl sites for hydroxylation is 1. The summed E-state index contributed by atoms with van der Waals surface area (Å²) in [5.74, 6) is -0.357. The highest BCUT2D eigenvalue weighted by Gasteiger charge is 2.12. The Balaban J connectivity index is 1.80. The Bertz CT molecular complexity index is 1020. The van der Waals surface area contributed by atoms with E-state index in [1.54, 1.807) is 23.0 Å². The van der Waals surface area contributed by atoms with Crippen molar-refractivity contribution in [3.05, 3.63) is 72.1 Å². The van der Waals surface area contributed by atoms with E-state index in [4.69, 9.17) is 0 Å². The van der Waals surface area contributed by atoms with Crippen LogP contribution in [0.1, 0.15) is 15.9 Å². The van der Waals surface area contributed by atoms with Crippen LogP contribution in [-0.2, 0) is 9.84 Å². The monoisotopic (exact) mass is 355 g/mol. The molecular weight excluding hydrogens is 338 g/mol. The first kappa shape index (κ1) is 16.9. The Morgan fingerprint density at radius 2 is 1.84 bits per heavy atom. The van der Waals surface area contributed by atoms with Gasteiger partial charge in [0.1, 0.15) is 0 Å². The molecule has 0 unspecified atom stereocenters. The number of nitrogens with one attached hydrogen (secondary N) is 1. The molecule has 7 heteroatoms. The van der Waals surface area contributed by atoms with Crippen LogP contribution in [0.3, 0.4) is 0 Å². The molecule has 0 atom stereocenters. The Labute approximate surface area is 146 Å². The zero-order chi connectivity index (χ0) is 18.0. The van der Waals surface area contributed by atoms with Crippen molar-refractivity contribution in [2.24, 2.45) is 0 Å². The van der Waals surface area contributed by atoms with Crippen LogP contribution in [0, 0.1) is 6.92 Å². The van der Waals surface area contributed by atoms with Gasteiger partial charge in [-0.25, -0.2) is 13.1 Å². The van der Waals surface area contributed by atoms with Gasteiger partial charge in [-0.2, -0.15) is 5.10 Å². The number of benzene rings is 2. The molecule has 3 rings (SSSR count). The standard InChI is InChI=1S/C18H17N3O3S/c1-13-6-8-16(9-7-13)21-12-14(11-19-21)18(22)20-15-4-3-5-17(10-15)25(2,23)24/h3-12H,1-2H3,(H,20,22). The second kappa shape index (κ2) is 6.52. The largest absolute Gasteiger partial charge is 0.322 e. The molecule has 1 aromatic heterocycles. The fourth-order valence-electron chi connectivity index (χ4n) is 2.29. The van der Waals surface area contributed by atoms with Gasteiger partial charge in [0.05, 0.1) is 22.3 Å². The topological polar surface area (TPSA) is 81.1 Å². The summed E-state index contributed by atoms with van der Waals surface area (Å²) in [7, 11) is -3.33. The van der Waals surface area contributed by atoms with Crippen molar-refractivity contribution in [1.82, 2.24) is 9.78 Å². The summed E-state index contributed by atoms with van der Waals surface area (Å²) in [6.45, 7) is 2.00. The molecule has 0 radical (unpaired) electrons. The van der Waals surface area contributed by atoms with E-state index in [2.05, 4.69) is 10.4 Å². The van der Waals surface area contributed by atoms with Gasteiger partial charge in [-0.1, -0.05) is 23.8 Å². The first-order valence-electron chi connectivity index (χ1n) is 7.56. The van der Waals surface area contributed by atoms with E-state index < -0.39 is 9.84 Å². The fourth-order valence-corrected chi connectivity index (χ4v) is 2.95. The van der Waals surface area contributed by atoms with Crippen molar-refractivity contribution < 1.29 is 13.2 Å². The van der Waals surface area contributed by atoms with Crippen LogP contribution in [-0.4, -0.2) is 30.4 Å². The van der Waals surface area contributed by atoms with Crippen LogP contribution in [0.15, 0.2) is 65.8 Å². The molecule has 0 spiro atoms. The van der Waals surface area contributed by atoms with E-state index in [-0.39, 0.29) is 10.8 Å². The molecule has 0 aliphatic heterocycles. The van der Waals surface area contributed by atoms with Gasteiger partial charge in [-0.3, -0.25) is 4.79 Å². The number of rotatable bonds is 4. The van der Waals surface area contributed by atoms with E-state index in [0.717, 1.165) is 17.5 Å². The lowest BCUT2D eigenvalue weighted by molar-refractivity contribution is 0.102. The quantitative estimate of drug-likeness (QED) is 0.780. The maximum Gasteiger partial charge on any atom is 0.258 e.